The van der Waals surface area contributed by atoms with E-state index >= 15 is 0 Å². The fourth-order valence-corrected chi connectivity index (χ4v) is 2.09. The number of phenols is 1. The number of hydrogen-bond acceptors (Lipinski definition) is 2. The van der Waals surface area contributed by atoms with Crippen LogP contribution in [0, 0.1) is 13.8 Å². The van der Waals surface area contributed by atoms with Crippen LogP contribution >= 0.6 is 12.2 Å². The van der Waals surface area contributed by atoms with Crippen molar-refractivity contribution in [3.63, 3.8) is 0 Å². The van der Waals surface area contributed by atoms with Crippen LogP contribution in [0.15, 0.2) is 42.5 Å². The minimum absolute atomic E-state index is 0.225. The highest BCUT2D eigenvalue weighted by atomic mass is 32.1. The highest BCUT2D eigenvalue weighted by Gasteiger charge is 2.07. The van der Waals surface area contributed by atoms with Gasteiger partial charge in [0.25, 0.3) is 0 Å². The Hall–Kier alpha value is -2.07. The summed E-state index contributed by atoms with van der Waals surface area (Å²) in [5.41, 5.74) is 3.42. The molecule has 3 N–H and O–H groups in total. The number of nitrogens with one attached hydrogen (secondary N) is 2. The summed E-state index contributed by atoms with van der Waals surface area (Å²) in [6.07, 6.45) is 0. The van der Waals surface area contributed by atoms with Crippen molar-refractivity contribution in [2.75, 3.05) is 10.6 Å². The first-order valence-corrected chi connectivity index (χ1v) is 6.40. The zero-order valence-electron chi connectivity index (χ0n) is 10.9. The predicted molar refractivity (Wildman–Crippen MR) is 83.9 cm³/mol. The molecule has 0 aliphatic rings. The SMILES string of the molecule is Cc1cc(C)c(O)c(NC(=S)Nc2ccccc2)c1. The minimum Gasteiger partial charge on any atom is -0.505 e. The molecule has 0 heterocycles. The van der Waals surface area contributed by atoms with Gasteiger partial charge in [-0.1, -0.05) is 24.3 Å². The number of rotatable bonds is 2. The van der Waals surface area contributed by atoms with Gasteiger partial charge in [-0.05, 0) is 55.4 Å². The maximum Gasteiger partial charge on any atom is 0.175 e. The van der Waals surface area contributed by atoms with Gasteiger partial charge in [-0.25, -0.2) is 0 Å². The molecular formula is C15H16N2OS. The van der Waals surface area contributed by atoms with Crippen LogP contribution in [-0.4, -0.2) is 10.2 Å². The second kappa shape index (κ2) is 5.71. The van der Waals surface area contributed by atoms with Crippen molar-refractivity contribution in [1.82, 2.24) is 0 Å². The summed E-state index contributed by atoms with van der Waals surface area (Å²) in [7, 11) is 0. The molecule has 0 atom stereocenters. The van der Waals surface area contributed by atoms with Gasteiger partial charge < -0.3 is 15.7 Å². The second-order valence-corrected chi connectivity index (χ2v) is 4.83. The molecule has 0 spiro atoms. The average molecular weight is 272 g/mol. The number of phenolic OH excluding ortho intramolecular Hbond substituents is 1. The van der Waals surface area contributed by atoms with E-state index < -0.39 is 0 Å². The van der Waals surface area contributed by atoms with E-state index in [4.69, 9.17) is 12.2 Å². The van der Waals surface area contributed by atoms with E-state index in [1.807, 2.05) is 56.3 Å². The summed E-state index contributed by atoms with van der Waals surface area (Å²) < 4.78 is 0. The summed E-state index contributed by atoms with van der Waals surface area (Å²) in [6, 6.07) is 13.4. The predicted octanol–water partition coefficient (Wildman–Crippen LogP) is 3.82. The van der Waals surface area contributed by atoms with Crippen molar-refractivity contribution in [3.8, 4) is 5.75 Å². The van der Waals surface area contributed by atoms with E-state index in [0.29, 0.717) is 10.8 Å². The molecule has 0 fully saturated rings. The molecule has 0 bridgehead atoms. The number of aryl methyl sites for hydroxylation is 2. The van der Waals surface area contributed by atoms with Gasteiger partial charge >= 0.3 is 0 Å². The van der Waals surface area contributed by atoms with Gasteiger partial charge in [0.15, 0.2) is 5.11 Å². The van der Waals surface area contributed by atoms with Crippen molar-refractivity contribution < 1.29 is 5.11 Å². The van der Waals surface area contributed by atoms with Gasteiger partial charge in [-0.2, -0.15) is 0 Å². The number of anilines is 2. The number of aromatic hydroxyl groups is 1. The van der Waals surface area contributed by atoms with Crippen LogP contribution in [0.2, 0.25) is 0 Å². The van der Waals surface area contributed by atoms with Gasteiger partial charge in [0.2, 0.25) is 0 Å². The monoisotopic (exact) mass is 272 g/mol. The quantitative estimate of drug-likeness (QED) is 0.574. The topological polar surface area (TPSA) is 44.3 Å². The lowest BCUT2D eigenvalue weighted by atomic mass is 10.1. The first kappa shape index (κ1) is 13.4. The number of benzene rings is 2. The van der Waals surface area contributed by atoms with Crippen molar-refractivity contribution in [3.05, 3.63) is 53.6 Å². The Labute approximate surface area is 118 Å². The molecule has 0 radical (unpaired) electrons. The van der Waals surface area contributed by atoms with Crippen molar-refractivity contribution in [2.45, 2.75) is 13.8 Å². The van der Waals surface area contributed by atoms with Crippen molar-refractivity contribution in [1.29, 1.82) is 0 Å². The van der Waals surface area contributed by atoms with E-state index in [1.54, 1.807) is 0 Å². The molecule has 0 aliphatic heterocycles. The molecule has 19 heavy (non-hydrogen) atoms. The first-order chi connectivity index (χ1) is 9.06. The zero-order valence-corrected chi connectivity index (χ0v) is 11.7. The molecule has 0 amide bonds. The van der Waals surface area contributed by atoms with Crippen LogP contribution in [-0.2, 0) is 0 Å². The van der Waals surface area contributed by atoms with Gasteiger partial charge in [-0.15, -0.1) is 0 Å². The fourth-order valence-electron chi connectivity index (χ4n) is 1.86. The number of para-hydroxylation sites is 1. The van der Waals surface area contributed by atoms with Crippen LogP contribution in [0.25, 0.3) is 0 Å². The molecule has 2 aromatic carbocycles. The Morgan fingerprint density at radius 1 is 1.05 bits per heavy atom. The van der Waals surface area contributed by atoms with Crippen LogP contribution in [0.4, 0.5) is 11.4 Å². The van der Waals surface area contributed by atoms with E-state index in [1.165, 1.54) is 0 Å². The normalized spacial score (nSPS) is 10.0. The highest BCUT2D eigenvalue weighted by molar-refractivity contribution is 7.80. The summed E-state index contributed by atoms with van der Waals surface area (Å²) >= 11 is 5.23. The minimum atomic E-state index is 0.225. The lowest BCUT2D eigenvalue weighted by Gasteiger charge is -2.13. The summed E-state index contributed by atoms with van der Waals surface area (Å²) in [5.74, 6) is 0.225. The van der Waals surface area contributed by atoms with E-state index in [9.17, 15) is 5.11 Å². The van der Waals surface area contributed by atoms with Gasteiger partial charge in [-0.3, -0.25) is 0 Å². The van der Waals surface area contributed by atoms with Crippen molar-refractivity contribution >= 4 is 28.7 Å². The van der Waals surface area contributed by atoms with Crippen molar-refractivity contribution in [2.24, 2.45) is 0 Å². The molecule has 4 heteroatoms. The maximum absolute atomic E-state index is 9.99. The maximum atomic E-state index is 9.99. The van der Waals surface area contributed by atoms with E-state index in [2.05, 4.69) is 10.6 Å². The summed E-state index contributed by atoms with van der Waals surface area (Å²) in [4.78, 5) is 0. The molecule has 0 saturated heterocycles. The molecule has 2 rings (SSSR count). The Morgan fingerprint density at radius 3 is 2.42 bits per heavy atom. The standard InChI is InChI=1S/C15H16N2OS/c1-10-8-11(2)14(18)13(9-10)17-15(19)16-12-6-4-3-5-7-12/h3-9,18H,1-2H3,(H2,16,17,19). The second-order valence-electron chi connectivity index (χ2n) is 4.42. The van der Waals surface area contributed by atoms with Crippen LogP contribution in [0.1, 0.15) is 11.1 Å². The van der Waals surface area contributed by atoms with Crippen LogP contribution < -0.4 is 10.6 Å². The van der Waals surface area contributed by atoms with Gasteiger partial charge in [0, 0.05) is 5.69 Å². The molecule has 3 nitrogen and oxygen atoms in total. The summed E-state index contributed by atoms with van der Waals surface area (Å²) in [6.45, 7) is 3.84. The van der Waals surface area contributed by atoms with Crippen LogP contribution in [0.3, 0.4) is 0 Å². The third-order valence-corrected chi connectivity index (χ3v) is 2.93. The Kier molecular flexibility index (Phi) is 4.02. The largest absolute Gasteiger partial charge is 0.505 e. The first-order valence-electron chi connectivity index (χ1n) is 5.99. The zero-order chi connectivity index (χ0) is 13.8. The Morgan fingerprint density at radius 2 is 1.74 bits per heavy atom. The molecule has 0 aliphatic carbocycles. The summed E-state index contributed by atoms with van der Waals surface area (Å²) in [5, 5.41) is 16.5. The Balaban J connectivity index is 2.11. The third-order valence-electron chi connectivity index (χ3n) is 2.72. The van der Waals surface area contributed by atoms with Gasteiger partial charge in [0.05, 0.1) is 5.69 Å². The number of thiocarbonyl (C=S) groups is 1. The fraction of sp³-hybridized carbons (Fsp3) is 0.133. The molecular weight excluding hydrogens is 256 g/mol. The molecule has 0 unspecified atom stereocenters. The molecule has 0 saturated carbocycles. The smallest absolute Gasteiger partial charge is 0.175 e. The molecule has 98 valence electrons. The average Bonchev–Trinajstić information content (AvgIpc) is 2.36. The van der Waals surface area contributed by atoms with E-state index in [-0.39, 0.29) is 5.75 Å². The van der Waals surface area contributed by atoms with Gasteiger partial charge in [0.1, 0.15) is 5.75 Å². The highest BCUT2D eigenvalue weighted by Crippen LogP contribution is 2.28. The van der Waals surface area contributed by atoms with E-state index in [0.717, 1.165) is 16.8 Å². The van der Waals surface area contributed by atoms with Crippen LogP contribution in [0.5, 0.6) is 5.75 Å². The lowest BCUT2D eigenvalue weighted by Crippen LogP contribution is -2.19. The Bertz CT molecular complexity index is 597. The third kappa shape index (κ3) is 3.45. The molecule has 0 aromatic heterocycles. The molecule has 2 aromatic rings. The number of hydrogen-bond donors (Lipinski definition) is 3. The lowest BCUT2D eigenvalue weighted by molar-refractivity contribution is 0.473.